The Morgan fingerprint density at radius 2 is 1.65 bits per heavy atom. The molecule has 0 aliphatic heterocycles. The predicted octanol–water partition coefficient (Wildman–Crippen LogP) is 0.911. The molecule has 0 amide bonds. The Balaban J connectivity index is 3.08. The van der Waals surface area contributed by atoms with Crippen LogP contribution in [0.4, 0.5) is 0 Å². The molecule has 0 aromatic heterocycles. The Morgan fingerprint density at radius 3 is 2.18 bits per heavy atom. The maximum absolute atomic E-state index is 11.0. The largest absolute Gasteiger partial charge is 0.462 e. The second kappa shape index (κ2) is 11.6. The van der Waals surface area contributed by atoms with Gasteiger partial charge in [0, 0.05) is 31.8 Å². The zero-order valence-corrected chi connectivity index (χ0v) is 10.4. The molecule has 5 heteroatoms. The second-order valence-electron chi connectivity index (χ2n) is 3.57. The molecule has 0 aliphatic rings. The SMILES string of the molecule is C=C(C)C(=O)OCCCOCCOCCCO. The van der Waals surface area contributed by atoms with Gasteiger partial charge in [0.1, 0.15) is 0 Å². The van der Waals surface area contributed by atoms with Crippen LogP contribution in [0, 0.1) is 0 Å². The van der Waals surface area contributed by atoms with Gasteiger partial charge in [0.15, 0.2) is 0 Å². The second-order valence-corrected chi connectivity index (χ2v) is 3.57. The summed E-state index contributed by atoms with van der Waals surface area (Å²) < 4.78 is 15.3. The average molecular weight is 246 g/mol. The number of hydrogen-bond acceptors (Lipinski definition) is 5. The number of carbonyl (C=O) groups excluding carboxylic acids is 1. The maximum Gasteiger partial charge on any atom is 0.333 e. The van der Waals surface area contributed by atoms with E-state index in [0.29, 0.717) is 51.4 Å². The number of esters is 1. The first kappa shape index (κ1) is 16.1. The highest BCUT2D eigenvalue weighted by molar-refractivity contribution is 5.86. The van der Waals surface area contributed by atoms with Crippen LogP contribution in [0.25, 0.3) is 0 Å². The van der Waals surface area contributed by atoms with Gasteiger partial charge in [-0.25, -0.2) is 4.79 Å². The molecule has 5 nitrogen and oxygen atoms in total. The van der Waals surface area contributed by atoms with Crippen molar-refractivity contribution in [2.24, 2.45) is 0 Å². The predicted molar refractivity (Wildman–Crippen MR) is 63.7 cm³/mol. The Labute approximate surface area is 102 Å². The Hall–Kier alpha value is -0.910. The number of ether oxygens (including phenoxy) is 3. The summed E-state index contributed by atoms with van der Waals surface area (Å²) in [5.74, 6) is -0.364. The van der Waals surface area contributed by atoms with Gasteiger partial charge in [-0.1, -0.05) is 6.58 Å². The molecule has 0 aromatic carbocycles. The zero-order valence-electron chi connectivity index (χ0n) is 10.4. The Bertz CT molecular complexity index is 215. The van der Waals surface area contributed by atoms with E-state index in [0.717, 1.165) is 0 Å². The van der Waals surface area contributed by atoms with Gasteiger partial charge in [0.2, 0.25) is 0 Å². The normalized spacial score (nSPS) is 10.2. The summed E-state index contributed by atoms with van der Waals surface area (Å²) in [6, 6.07) is 0. The third-order valence-electron chi connectivity index (χ3n) is 1.83. The highest BCUT2D eigenvalue weighted by Gasteiger charge is 2.01. The van der Waals surface area contributed by atoms with Gasteiger partial charge in [-0.3, -0.25) is 0 Å². The minimum atomic E-state index is -0.364. The first-order valence-electron chi connectivity index (χ1n) is 5.77. The number of aliphatic hydroxyl groups excluding tert-OH is 1. The first-order valence-corrected chi connectivity index (χ1v) is 5.77. The Morgan fingerprint density at radius 1 is 1.06 bits per heavy atom. The lowest BCUT2D eigenvalue weighted by molar-refractivity contribution is -0.139. The van der Waals surface area contributed by atoms with Gasteiger partial charge in [-0.05, 0) is 13.3 Å². The van der Waals surface area contributed by atoms with Crippen molar-refractivity contribution in [1.29, 1.82) is 0 Å². The van der Waals surface area contributed by atoms with Crippen LogP contribution in [0.1, 0.15) is 19.8 Å². The maximum atomic E-state index is 11.0. The van der Waals surface area contributed by atoms with Crippen LogP contribution in [0.2, 0.25) is 0 Å². The minimum absolute atomic E-state index is 0.148. The fourth-order valence-corrected chi connectivity index (χ4v) is 0.938. The lowest BCUT2D eigenvalue weighted by atomic mass is 10.4. The van der Waals surface area contributed by atoms with Gasteiger partial charge in [0.05, 0.1) is 19.8 Å². The lowest BCUT2D eigenvalue weighted by Gasteiger charge is -2.06. The summed E-state index contributed by atoms with van der Waals surface area (Å²) in [5, 5.41) is 8.49. The van der Waals surface area contributed by atoms with Crippen molar-refractivity contribution in [2.45, 2.75) is 19.8 Å². The molecular formula is C12H22O5. The van der Waals surface area contributed by atoms with Crippen molar-refractivity contribution >= 4 is 5.97 Å². The molecule has 0 bridgehead atoms. The molecule has 0 heterocycles. The van der Waals surface area contributed by atoms with E-state index < -0.39 is 0 Å². The molecule has 0 unspecified atom stereocenters. The smallest absolute Gasteiger partial charge is 0.333 e. The van der Waals surface area contributed by atoms with Crippen molar-refractivity contribution in [1.82, 2.24) is 0 Å². The zero-order chi connectivity index (χ0) is 12.9. The molecule has 17 heavy (non-hydrogen) atoms. The van der Waals surface area contributed by atoms with E-state index in [9.17, 15) is 4.79 Å². The van der Waals surface area contributed by atoms with Crippen LogP contribution in [-0.2, 0) is 19.0 Å². The van der Waals surface area contributed by atoms with Gasteiger partial charge < -0.3 is 19.3 Å². The summed E-state index contributed by atoms with van der Waals surface area (Å²) in [6.07, 6.45) is 1.31. The summed E-state index contributed by atoms with van der Waals surface area (Å²) >= 11 is 0. The molecule has 0 saturated heterocycles. The van der Waals surface area contributed by atoms with Crippen molar-refractivity contribution in [3.63, 3.8) is 0 Å². The third kappa shape index (κ3) is 11.4. The van der Waals surface area contributed by atoms with Crippen molar-refractivity contribution < 1.29 is 24.1 Å². The molecule has 0 rings (SSSR count). The van der Waals surface area contributed by atoms with Crippen LogP contribution in [0.15, 0.2) is 12.2 Å². The standard InChI is InChI=1S/C12H22O5/c1-11(2)12(14)17-8-4-7-16-10-9-15-6-3-5-13/h13H,1,3-10H2,2H3. The third-order valence-corrected chi connectivity index (χ3v) is 1.83. The topological polar surface area (TPSA) is 65.0 Å². The van der Waals surface area contributed by atoms with Crippen LogP contribution >= 0.6 is 0 Å². The van der Waals surface area contributed by atoms with Gasteiger partial charge in [-0.2, -0.15) is 0 Å². The van der Waals surface area contributed by atoms with E-state index in [1.807, 2.05) is 0 Å². The molecule has 0 aromatic rings. The number of rotatable bonds is 11. The number of hydrogen-bond donors (Lipinski definition) is 1. The summed E-state index contributed by atoms with van der Waals surface area (Å²) in [7, 11) is 0. The molecule has 0 saturated carbocycles. The van der Waals surface area contributed by atoms with E-state index in [2.05, 4.69) is 6.58 Å². The molecule has 0 aliphatic carbocycles. The summed E-state index contributed by atoms with van der Waals surface area (Å²) in [4.78, 5) is 11.0. The van der Waals surface area contributed by atoms with Crippen molar-refractivity contribution in [2.75, 3.05) is 39.6 Å². The molecule has 0 fully saturated rings. The lowest BCUT2D eigenvalue weighted by Crippen LogP contribution is -2.10. The molecule has 0 atom stereocenters. The van der Waals surface area contributed by atoms with E-state index in [1.165, 1.54) is 0 Å². The fraction of sp³-hybridized carbons (Fsp3) is 0.750. The molecule has 100 valence electrons. The van der Waals surface area contributed by atoms with E-state index in [-0.39, 0.29) is 12.6 Å². The minimum Gasteiger partial charge on any atom is -0.462 e. The van der Waals surface area contributed by atoms with E-state index in [1.54, 1.807) is 6.92 Å². The summed E-state index contributed by atoms with van der Waals surface area (Å²) in [5.41, 5.74) is 0.406. The van der Waals surface area contributed by atoms with Crippen LogP contribution in [0.5, 0.6) is 0 Å². The monoisotopic (exact) mass is 246 g/mol. The van der Waals surface area contributed by atoms with Gasteiger partial charge in [-0.15, -0.1) is 0 Å². The van der Waals surface area contributed by atoms with E-state index in [4.69, 9.17) is 19.3 Å². The molecule has 0 radical (unpaired) electrons. The van der Waals surface area contributed by atoms with Gasteiger partial charge in [0.25, 0.3) is 0 Å². The Kier molecular flexibility index (Phi) is 11.0. The number of aliphatic hydroxyl groups is 1. The highest BCUT2D eigenvalue weighted by Crippen LogP contribution is 1.93. The molecule has 0 spiro atoms. The van der Waals surface area contributed by atoms with Gasteiger partial charge >= 0.3 is 5.97 Å². The van der Waals surface area contributed by atoms with Crippen LogP contribution < -0.4 is 0 Å². The number of carbonyl (C=O) groups is 1. The van der Waals surface area contributed by atoms with E-state index >= 15 is 0 Å². The fourth-order valence-electron chi connectivity index (χ4n) is 0.938. The van der Waals surface area contributed by atoms with Crippen molar-refractivity contribution in [3.8, 4) is 0 Å². The molecule has 1 N–H and O–H groups in total. The highest BCUT2D eigenvalue weighted by atomic mass is 16.5. The quantitative estimate of drug-likeness (QED) is 0.333. The average Bonchev–Trinajstić information content (AvgIpc) is 2.31. The molecular weight excluding hydrogens is 224 g/mol. The van der Waals surface area contributed by atoms with Crippen molar-refractivity contribution in [3.05, 3.63) is 12.2 Å². The first-order chi connectivity index (χ1) is 8.18. The van der Waals surface area contributed by atoms with Crippen LogP contribution in [0.3, 0.4) is 0 Å². The van der Waals surface area contributed by atoms with Crippen LogP contribution in [-0.4, -0.2) is 50.7 Å². The summed E-state index contributed by atoms with van der Waals surface area (Å²) in [6.45, 7) is 7.70.